The molecule has 0 aliphatic heterocycles. The van der Waals surface area contributed by atoms with Crippen LogP contribution in [-0.4, -0.2) is 12.6 Å². The van der Waals surface area contributed by atoms with Crippen molar-refractivity contribution in [2.75, 3.05) is 6.54 Å². The minimum Gasteiger partial charge on any atom is -0.314 e. The third kappa shape index (κ3) is 4.18. The molecule has 0 aliphatic carbocycles. The Hall–Kier alpha value is -0.600. The maximum absolute atomic E-state index is 3.81. The van der Waals surface area contributed by atoms with Gasteiger partial charge in [0, 0.05) is 15.8 Å². The summed E-state index contributed by atoms with van der Waals surface area (Å²) >= 11 is 1.94. The van der Waals surface area contributed by atoms with Crippen LogP contribution in [-0.2, 0) is 12.8 Å². The summed E-state index contributed by atoms with van der Waals surface area (Å²) in [6.07, 6.45) is 5.33. The Morgan fingerprint density at radius 3 is 2.67 bits per heavy atom. The van der Waals surface area contributed by atoms with Crippen molar-refractivity contribution in [3.05, 3.63) is 34.5 Å². The molecule has 0 spiro atoms. The van der Waals surface area contributed by atoms with Gasteiger partial charge in [-0.3, -0.25) is 0 Å². The van der Waals surface area contributed by atoms with E-state index in [2.05, 4.69) is 37.9 Å². The highest BCUT2D eigenvalue weighted by molar-refractivity contribution is 7.11. The predicted octanol–water partition coefficient (Wildman–Crippen LogP) is 3.41. The summed E-state index contributed by atoms with van der Waals surface area (Å²) in [6, 6.07) is 5.06. The van der Waals surface area contributed by atoms with Crippen molar-refractivity contribution in [2.24, 2.45) is 0 Å². The van der Waals surface area contributed by atoms with E-state index in [1.807, 2.05) is 17.4 Å². The van der Waals surface area contributed by atoms with Crippen molar-refractivity contribution in [3.63, 3.8) is 0 Å². The fourth-order valence-electron chi connectivity index (χ4n) is 1.69. The Morgan fingerprint density at radius 2 is 2.13 bits per heavy atom. The zero-order chi connectivity index (χ0) is 11.1. The molecular formula is C13H21NS. The maximum Gasteiger partial charge on any atom is 0.0150 e. The molecule has 0 bridgehead atoms. The van der Waals surface area contributed by atoms with E-state index in [9.17, 15) is 0 Å². The summed E-state index contributed by atoms with van der Waals surface area (Å²) in [6.45, 7) is 9.21. The number of hydrogen-bond acceptors (Lipinski definition) is 2. The minimum absolute atomic E-state index is 0.552. The van der Waals surface area contributed by atoms with Crippen LogP contribution in [0.4, 0.5) is 0 Å². The van der Waals surface area contributed by atoms with Crippen LogP contribution in [0, 0.1) is 0 Å². The molecule has 2 heteroatoms. The van der Waals surface area contributed by atoms with Crippen molar-refractivity contribution in [1.29, 1.82) is 0 Å². The van der Waals surface area contributed by atoms with Gasteiger partial charge in [-0.1, -0.05) is 19.9 Å². The zero-order valence-corrected chi connectivity index (χ0v) is 10.6. The molecule has 0 fully saturated rings. The van der Waals surface area contributed by atoms with Crippen LogP contribution in [0.2, 0.25) is 0 Å². The van der Waals surface area contributed by atoms with Gasteiger partial charge in [-0.25, -0.2) is 0 Å². The van der Waals surface area contributed by atoms with Gasteiger partial charge in [0.15, 0.2) is 0 Å². The number of aryl methyl sites for hydroxylation is 1. The molecule has 0 saturated carbocycles. The first-order valence-corrected chi connectivity index (χ1v) is 6.53. The number of hydrogen-bond donors (Lipinski definition) is 1. The summed E-state index contributed by atoms with van der Waals surface area (Å²) in [5.41, 5.74) is 0. The molecule has 0 aromatic carbocycles. The predicted molar refractivity (Wildman–Crippen MR) is 69.7 cm³/mol. The Labute approximate surface area is 97.2 Å². The summed E-state index contributed by atoms with van der Waals surface area (Å²) in [5, 5.41) is 3.49. The topological polar surface area (TPSA) is 12.0 Å². The SMILES string of the molecule is C=CCC(Cc1ccc(CC)s1)NCC. The molecule has 1 heterocycles. The average molecular weight is 223 g/mol. The summed E-state index contributed by atoms with van der Waals surface area (Å²) < 4.78 is 0. The fraction of sp³-hybridized carbons (Fsp3) is 0.538. The molecule has 0 amide bonds. The number of nitrogens with one attached hydrogen (secondary N) is 1. The average Bonchev–Trinajstić information content (AvgIpc) is 2.66. The molecule has 15 heavy (non-hydrogen) atoms. The molecule has 1 N–H and O–H groups in total. The summed E-state index contributed by atoms with van der Waals surface area (Å²) in [7, 11) is 0. The van der Waals surface area contributed by atoms with Gasteiger partial charge in [-0.15, -0.1) is 17.9 Å². The molecule has 0 saturated heterocycles. The van der Waals surface area contributed by atoms with Gasteiger partial charge in [0.2, 0.25) is 0 Å². The molecule has 84 valence electrons. The lowest BCUT2D eigenvalue weighted by Crippen LogP contribution is -2.30. The van der Waals surface area contributed by atoms with Gasteiger partial charge in [-0.2, -0.15) is 0 Å². The Kier molecular flexibility index (Phi) is 5.66. The first-order valence-electron chi connectivity index (χ1n) is 5.72. The fourth-order valence-corrected chi connectivity index (χ4v) is 2.73. The van der Waals surface area contributed by atoms with Gasteiger partial charge < -0.3 is 5.32 Å². The van der Waals surface area contributed by atoms with Gasteiger partial charge in [-0.05, 0) is 37.9 Å². The van der Waals surface area contributed by atoms with Crippen LogP contribution < -0.4 is 5.32 Å². The lowest BCUT2D eigenvalue weighted by atomic mass is 10.1. The quantitative estimate of drug-likeness (QED) is 0.699. The molecular weight excluding hydrogens is 202 g/mol. The number of rotatable bonds is 7. The molecule has 0 radical (unpaired) electrons. The minimum atomic E-state index is 0.552. The highest BCUT2D eigenvalue weighted by Crippen LogP contribution is 2.19. The van der Waals surface area contributed by atoms with Crippen LogP contribution in [0.5, 0.6) is 0 Å². The smallest absolute Gasteiger partial charge is 0.0150 e. The van der Waals surface area contributed by atoms with E-state index < -0.39 is 0 Å². The molecule has 1 unspecified atom stereocenters. The Bertz CT molecular complexity index is 290. The molecule has 1 atom stereocenters. The molecule has 1 aromatic heterocycles. The maximum atomic E-state index is 3.81. The number of thiophene rings is 1. The monoisotopic (exact) mass is 223 g/mol. The highest BCUT2D eigenvalue weighted by atomic mass is 32.1. The lowest BCUT2D eigenvalue weighted by molar-refractivity contribution is 0.533. The Balaban J connectivity index is 2.52. The van der Waals surface area contributed by atoms with Crippen LogP contribution in [0.15, 0.2) is 24.8 Å². The largest absolute Gasteiger partial charge is 0.314 e. The van der Waals surface area contributed by atoms with E-state index in [0.29, 0.717) is 6.04 Å². The van der Waals surface area contributed by atoms with Crippen molar-refractivity contribution in [3.8, 4) is 0 Å². The van der Waals surface area contributed by atoms with Gasteiger partial charge in [0.05, 0.1) is 0 Å². The third-order valence-electron chi connectivity index (χ3n) is 2.46. The Morgan fingerprint density at radius 1 is 1.40 bits per heavy atom. The van der Waals surface area contributed by atoms with Crippen molar-refractivity contribution < 1.29 is 0 Å². The summed E-state index contributed by atoms with van der Waals surface area (Å²) in [4.78, 5) is 2.97. The van der Waals surface area contributed by atoms with E-state index >= 15 is 0 Å². The molecule has 1 nitrogen and oxygen atoms in total. The lowest BCUT2D eigenvalue weighted by Gasteiger charge is -2.14. The normalized spacial score (nSPS) is 12.7. The first-order chi connectivity index (χ1) is 7.30. The van der Waals surface area contributed by atoms with Crippen LogP contribution in [0.3, 0.4) is 0 Å². The van der Waals surface area contributed by atoms with Crippen LogP contribution in [0.1, 0.15) is 30.0 Å². The van der Waals surface area contributed by atoms with E-state index in [1.54, 1.807) is 0 Å². The molecule has 1 rings (SSSR count). The first kappa shape index (κ1) is 12.5. The van der Waals surface area contributed by atoms with Crippen molar-refractivity contribution in [2.45, 2.75) is 39.2 Å². The zero-order valence-electron chi connectivity index (χ0n) is 9.75. The second kappa shape index (κ2) is 6.81. The van der Waals surface area contributed by atoms with E-state index in [4.69, 9.17) is 0 Å². The molecule has 1 aromatic rings. The van der Waals surface area contributed by atoms with Crippen molar-refractivity contribution in [1.82, 2.24) is 5.32 Å². The second-order valence-electron chi connectivity index (χ2n) is 3.70. The van der Waals surface area contributed by atoms with Crippen LogP contribution >= 0.6 is 11.3 Å². The number of likely N-dealkylation sites (N-methyl/N-ethyl adjacent to an activating group) is 1. The third-order valence-corrected chi connectivity index (χ3v) is 3.71. The van der Waals surface area contributed by atoms with Gasteiger partial charge >= 0.3 is 0 Å². The second-order valence-corrected chi connectivity index (χ2v) is 4.96. The van der Waals surface area contributed by atoms with E-state index in [0.717, 1.165) is 25.8 Å². The van der Waals surface area contributed by atoms with Crippen molar-refractivity contribution >= 4 is 11.3 Å². The van der Waals surface area contributed by atoms with Gasteiger partial charge in [0.1, 0.15) is 0 Å². The summed E-state index contributed by atoms with van der Waals surface area (Å²) in [5.74, 6) is 0. The van der Waals surface area contributed by atoms with Crippen LogP contribution in [0.25, 0.3) is 0 Å². The molecule has 0 aliphatic rings. The van der Waals surface area contributed by atoms with E-state index in [-0.39, 0.29) is 0 Å². The van der Waals surface area contributed by atoms with E-state index in [1.165, 1.54) is 9.75 Å². The van der Waals surface area contributed by atoms with Gasteiger partial charge in [0.25, 0.3) is 0 Å². The standard InChI is InChI=1S/C13H21NS/c1-4-7-11(14-6-3)10-13-9-8-12(5-2)15-13/h4,8-9,11,14H,1,5-7,10H2,2-3H3. The highest BCUT2D eigenvalue weighted by Gasteiger charge is 2.07.